The van der Waals surface area contributed by atoms with E-state index in [9.17, 15) is 0 Å². The lowest BCUT2D eigenvalue weighted by Gasteiger charge is -2.05. The summed E-state index contributed by atoms with van der Waals surface area (Å²) in [7, 11) is 0. The van der Waals surface area contributed by atoms with Gasteiger partial charge in [-0.1, -0.05) is 6.42 Å². The second-order valence-corrected chi connectivity index (χ2v) is 2.59. The van der Waals surface area contributed by atoms with Gasteiger partial charge in [0.1, 0.15) is 0 Å². The van der Waals surface area contributed by atoms with Crippen LogP contribution in [-0.4, -0.2) is 18.3 Å². The van der Waals surface area contributed by atoms with Crippen molar-refractivity contribution in [3.05, 3.63) is 0 Å². The molecule has 2 nitrogen and oxygen atoms in total. The number of unbranched alkanes of at least 4 members (excludes halogenated alkanes) is 1. The Bertz CT molecular complexity index is 59.0. The third-order valence-electron chi connectivity index (χ3n) is 1.26. The third-order valence-corrected chi connectivity index (χ3v) is 1.73. The lowest BCUT2D eigenvalue weighted by atomic mass is 10.1. The van der Waals surface area contributed by atoms with Gasteiger partial charge in [0.15, 0.2) is 0 Å². The first-order chi connectivity index (χ1) is 4.31. The Kier molecular flexibility index (Phi) is 6.58. The maximum absolute atomic E-state index is 5.60. The van der Waals surface area contributed by atoms with E-state index in [0.717, 1.165) is 31.6 Å². The van der Waals surface area contributed by atoms with Gasteiger partial charge in [-0.25, -0.2) is 0 Å². The molecular weight excluding hydrogens is 132 g/mol. The molecule has 0 aliphatic rings. The maximum atomic E-state index is 5.60. The second kappa shape index (κ2) is 6.39. The van der Waals surface area contributed by atoms with E-state index < -0.39 is 0 Å². The summed E-state index contributed by atoms with van der Waals surface area (Å²) < 4.78 is 0. The van der Waals surface area contributed by atoms with Crippen LogP contribution in [0.3, 0.4) is 0 Å². The Balaban J connectivity index is 2.88. The highest BCUT2D eigenvalue weighted by molar-refractivity contribution is 7.80. The molecule has 4 N–H and O–H groups in total. The molecular formula is C6H16N2S. The van der Waals surface area contributed by atoms with Gasteiger partial charge in [0, 0.05) is 11.8 Å². The fourth-order valence-corrected chi connectivity index (χ4v) is 0.825. The van der Waals surface area contributed by atoms with Crippen LogP contribution in [0.2, 0.25) is 0 Å². The number of rotatable bonds is 5. The Labute approximate surface area is 62.4 Å². The molecule has 0 amide bonds. The molecule has 0 fully saturated rings. The lowest BCUT2D eigenvalue weighted by Crippen LogP contribution is -2.21. The van der Waals surface area contributed by atoms with Crippen LogP contribution in [-0.2, 0) is 0 Å². The van der Waals surface area contributed by atoms with Crippen molar-refractivity contribution in [1.29, 1.82) is 0 Å². The maximum Gasteiger partial charge on any atom is 0.0127 e. The molecule has 0 heterocycles. The molecule has 1 atom stereocenters. The van der Waals surface area contributed by atoms with E-state index in [0.29, 0.717) is 0 Å². The zero-order valence-corrected chi connectivity index (χ0v) is 6.61. The van der Waals surface area contributed by atoms with Gasteiger partial charge < -0.3 is 11.5 Å². The molecule has 3 heteroatoms. The van der Waals surface area contributed by atoms with Gasteiger partial charge in [-0.2, -0.15) is 12.6 Å². The summed E-state index contributed by atoms with van der Waals surface area (Å²) in [6, 6.07) is 0.264. The van der Waals surface area contributed by atoms with Gasteiger partial charge in [-0.15, -0.1) is 0 Å². The van der Waals surface area contributed by atoms with Gasteiger partial charge in [0.25, 0.3) is 0 Å². The van der Waals surface area contributed by atoms with E-state index in [4.69, 9.17) is 11.5 Å². The van der Waals surface area contributed by atoms with Crippen molar-refractivity contribution in [1.82, 2.24) is 0 Å². The molecule has 0 saturated heterocycles. The zero-order chi connectivity index (χ0) is 7.11. The van der Waals surface area contributed by atoms with Gasteiger partial charge in [0.05, 0.1) is 0 Å². The zero-order valence-electron chi connectivity index (χ0n) is 5.71. The van der Waals surface area contributed by atoms with E-state index >= 15 is 0 Å². The first-order valence-corrected chi connectivity index (χ1v) is 4.01. The molecule has 0 unspecified atom stereocenters. The van der Waals surface area contributed by atoms with Crippen LogP contribution >= 0.6 is 12.6 Å². The van der Waals surface area contributed by atoms with Crippen molar-refractivity contribution in [2.24, 2.45) is 11.5 Å². The summed E-state index contributed by atoms with van der Waals surface area (Å²) in [5, 5.41) is 0. The van der Waals surface area contributed by atoms with Crippen LogP contribution in [0.15, 0.2) is 0 Å². The predicted octanol–water partition coefficient (Wildman–Crippen LogP) is 0.373. The van der Waals surface area contributed by atoms with Crippen molar-refractivity contribution in [3.8, 4) is 0 Å². The first-order valence-electron chi connectivity index (χ1n) is 3.37. The summed E-state index contributed by atoms with van der Waals surface area (Å²) in [6.45, 7) is 0.777. The van der Waals surface area contributed by atoms with Crippen molar-refractivity contribution in [3.63, 3.8) is 0 Å². The molecule has 0 bridgehead atoms. The van der Waals surface area contributed by atoms with Crippen molar-refractivity contribution in [2.45, 2.75) is 25.3 Å². The van der Waals surface area contributed by atoms with Gasteiger partial charge >= 0.3 is 0 Å². The van der Waals surface area contributed by atoms with Crippen LogP contribution in [0, 0.1) is 0 Å². The fourth-order valence-electron chi connectivity index (χ4n) is 0.642. The average molecular weight is 148 g/mol. The quantitative estimate of drug-likeness (QED) is 0.390. The molecule has 0 aromatic carbocycles. The van der Waals surface area contributed by atoms with E-state index in [1.54, 1.807) is 0 Å². The van der Waals surface area contributed by atoms with E-state index in [1.807, 2.05) is 0 Å². The Morgan fingerprint density at radius 1 is 1.33 bits per heavy atom. The van der Waals surface area contributed by atoms with Crippen molar-refractivity contribution in [2.75, 3.05) is 12.3 Å². The molecule has 9 heavy (non-hydrogen) atoms. The highest BCUT2D eigenvalue weighted by Crippen LogP contribution is 1.98. The minimum absolute atomic E-state index is 0.264. The van der Waals surface area contributed by atoms with Crippen molar-refractivity contribution < 1.29 is 0 Å². The minimum atomic E-state index is 0.264. The lowest BCUT2D eigenvalue weighted by molar-refractivity contribution is 0.609. The highest BCUT2D eigenvalue weighted by Gasteiger charge is 1.96. The normalized spacial score (nSPS) is 13.7. The minimum Gasteiger partial charge on any atom is -0.330 e. The first kappa shape index (κ1) is 9.27. The standard InChI is InChI=1S/C6H16N2S/c7-4-2-1-3-6(8)5-9/h6,9H,1-5,7-8H2/t6-/m0/s1. The van der Waals surface area contributed by atoms with E-state index in [-0.39, 0.29) is 6.04 Å². The van der Waals surface area contributed by atoms with Gasteiger partial charge in [0.2, 0.25) is 0 Å². The van der Waals surface area contributed by atoms with Crippen LogP contribution in [0.1, 0.15) is 19.3 Å². The van der Waals surface area contributed by atoms with E-state index in [2.05, 4.69) is 12.6 Å². The van der Waals surface area contributed by atoms with Crippen LogP contribution in [0.4, 0.5) is 0 Å². The third kappa shape index (κ3) is 6.15. The van der Waals surface area contributed by atoms with Crippen LogP contribution < -0.4 is 11.5 Å². The number of hydrogen-bond donors (Lipinski definition) is 3. The Hall–Kier alpha value is 0.270. The van der Waals surface area contributed by atoms with Gasteiger partial charge in [-0.05, 0) is 19.4 Å². The topological polar surface area (TPSA) is 52.0 Å². The molecule has 0 aliphatic carbocycles. The largest absolute Gasteiger partial charge is 0.330 e. The molecule has 0 aromatic rings. The fraction of sp³-hybridized carbons (Fsp3) is 1.00. The smallest absolute Gasteiger partial charge is 0.0127 e. The molecule has 0 radical (unpaired) electrons. The second-order valence-electron chi connectivity index (χ2n) is 2.23. The summed E-state index contributed by atoms with van der Waals surface area (Å²) in [5.41, 5.74) is 10.9. The monoisotopic (exact) mass is 148 g/mol. The summed E-state index contributed by atoms with van der Waals surface area (Å²) in [4.78, 5) is 0. The van der Waals surface area contributed by atoms with Crippen LogP contribution in [0.25, 0.3) is 0 Å². The molecule has 0 aliphatic heterocycles. The molecule has 56 valence electrons. The summed E-state index contributed by atoms with van der Waals surface area (Å²) in [6.07, 6.45) is 3.28. The summed E-state index contributed by atoms with van der Waals surface area (Å²) in [5.74, 6) is 0.782. The average Bonchev–Trinajstić information content (AvgIpc) is 1.89. The Morgan fingerprint density at radius 3 is 2.44 bits per heavy atom. The molecule has 0 saturated carbocycles. The molecule has 0 aromatic heterocycles. The molecule has 0 rings (SSSR count). The van der Waals surface area contributed by atoms with Gasteiger partial charge in [-0.3, -0.25) is 0 Å². The predicted molar refractivity (Wildman–Crippen MR) is 44.7 cm³/mol. The SMILES string of the molecule is NCCCC[C@H](N)CS. The van der Waals surface area contributed by atoms with E-state index in [1.165, 1.54) is 0 Å². The van der Waals surface area contributed by atoms with Crippen molar-refractivity contribution >= 4 is 12.6 Å². The number of hydrogen-bond acceptors (Lipinski definition) is 3. The summed E-state index contributed by atoms with van der Waals surface area (Å²) >= 11 is 4.06. The molecule has 0 spiro atoms. The number of thiol groups is 1. The Morgan fingerprint density at radius 2 is 2.00 bits per heavy atom. The highest BCUT2D eigenvalue weighted by atomic mass is 32.1. The van der Waals surface area contributed by atoms with Crippen LogP contribution in [0.5, 0.6) is 0 Å². The number of nitrogens with two attached hydrogens (primary N) is 2.